The Balaban J connectivity index is 0.00000840. The standard InChI is InChI=1S/C36H60O3S.Na/c1-3-5-7-9-11-13-15-17-19-21-23-27-32-31-33-28-25-26-30-35(33)36(40(37,38)39)34(32)29-24-22-20-18-16-14-12-10-8-6-4-2;/h25-26,28,30-31H,3-24,27,29H2,1-2H3,(H,37,38,39);/q;+1/p-1. The fourth-order valence-corrected chi connectivity index (χ4v) is 7.13. The summed E-state index contributed by atoms with van der Waals surface area (Å²) in [6.45, 7) is 4.52. The smallest absolute Gasteiger partial charge is 0.744 e. The van der Waals surface area contributed by atoms with Crippen molar-refractivity contribution in [1.29, 1.82) is 0 Å². The quantitative estimate of drug-likeness (QED) is 0.0658. The number of rotatable bonds is 25. The zero-order valence-corrected chi connectivity index (χ0v) is 29.8. The molecule has 2 aromatic carbocycles. The molecular weight excluding hydrogens is 535 g/mol. The van der Waals surface area contributed by atoms with E-state index in [-0.39, 0.29) is 34.5 Å². The van der Waals surface area contributed by atoms with Crippen molar-refractivity contribution in [2.24, 2.45) is 0 Å². The van der Waals surface area contributed by atoms with E-state index < -0.39 is 10.1 Å². The second-order valence-corrected chi connectivity index (χ2v) is 13.4. The van der Waals surface area contributed by atoms with Crippen LogP contribution in [-0.2, 0) is 23.0 Å². The van der Waals surface area contributed by atoms with Gasteiger partial charge in [0.1, 0.15) is 10.1 Å². The summed E-state index contributed by atoms with van der Waals surface area (Å²) in [5.41, 5.74) is 1.88. The van der Waals surface area contributed by atoms with Crippen LogP contribution in [0.4, 0.5) is 0 Å². The molecule has 0 fully saturated rings. The second-order valence-electron chi connectivity index (χ2n) is 12.1. The van der Waals surface area contributed by atoms with Crippen molar-refractivity contribution < 1.29 is 42.5 Å². The van der Waals surface area contributed by atoms with E-state index in [1.165, 1.54) is 122 Å². The summed E-state index contributed by atoms with van der Waals surface area (Å²) in [6.07, 6.45) is 29.6. The molecule has 0 atom stereocenters. The van der Waals surface area contributed by atoms with Gasteiger partial charge in [-0.1, -0.05) is 173 Å². The van der Waals surface area contributed by atoms with Crippen LogP contribution in [0, 0.1) is 0 Å². The summed E-state index contributed by atoms with van der Waals surface area (Å²) in [5.74, 6) is 0. The van der Waals surface area contributed by atoms with Gasteiger partial charge in [-0.25, -0.2) is 8.42 Å². The van der Waals surface area contributed by atoms with Crippen molar-refractivity contribution in [3.63, 3.8) is 0 Å². The zero-order valence-electron chi connectivity index (χ0n) is 27.0. The van der Waals surface area contributed by atoms with Gasteiger partial charge in [0.15, 0.2) is 0 Å². The van der Waals surface area contributed by atoms with Gasteiger partial charge >= 0.3 is 29.6 Å². The summed E-state index contributed by atoms with van der Waals surface area (Å²) < 4.78 is 37.6. The van der Waals surface area contributed by atoms with E-state index in [0.29, 0.717) is 11.8 Å². The number of benzene rings is 2. The minimum Gasteiger partial charge on any atom is -0.744 e. The van der Waals surface area contributed by atoms with E-state index in [0.717, 1.165) is 42.2 Å². The monoisotopic (exact) mass is 594 g/mol. The minimum absolute atomic E-state index is 0. The minimum atomic E-state index is -4.55. The molecule has 0 unspecified atom stereocenters. The van der Waals surface area contributed by atoms with Crippen molar-refractivity contribution in [2.45, 2.75) is 173 Å². The second kappa shape index (κ2) is 24.0. The maximum absolute atomic E-state index is 12.5. The molecule has 2 rings (SSSR count). The predicted octanol–water partition coefficient (Wildman–Crippen LogP) is 8.45. The molecule has 3 nitrogen and oxygen atoms in total. The average Bonchev–Trinajstić information content (AvgIpc) is 2.93. The largest absolute Gasteiger partial charge is 1.00 e. The maximum Gasteiger partial charge on any atom is 1.00 e. The van der Waals surface area contributed by atoms with Crippen molar-refractivity contribution in [1.82, 2.24) is 0 Å². The molecule has 41 heavy (non-hydrogen) atoms. The van der Waals surface area contributed by atoms with E-state index >= 15 is 0 Å². The fourth-order valence-electron chi connectivity index (χ4n) is 6.14. The Kier molecular flexibility index (Phi) is 22.6. The molecule has 0 amide bonds. The molecule has 0 N–H and O–H groups in total. The van der Waals surface area contributed by atoms with E-state index in [2.05, 4.69) is 19.9 Å². The molecule has 0 saturated heterocycles. The van der Waals surface area contributed by atoms with Crippen molar-refractivity contribution >= 4 is 20.9 Å². The van der Waals surface area contributed by atoms with Crippen LogP contribution in [0.3, 0.4) is 0 Å². The van der Waals surface area contributed by atoms with Crippen LogP contribution < -0.4 is 29.6 Å². The molecule has 0 spiro atoms. The first-order valence-electron chi connectivity index (χ1n) is 17.0. The summed E-state index contributed by atoms with van der Waals surface area (Å²) in [6, 6.07) is 9.68. The summed E-state index contributed by atoms with van der Waals surface area (Å²) >= 11 is 0. The molecular formula is C36H59NaO3S. The topological polar surface area (TPSA) is 57.2 Å². The Hall–Kier alpha value is -0.390. The number of hydrogen-bond acceptors (Lipinski definition) is 3. The first-order valence-corrected chi connectivity index (χ1v) is 18.4. The molecule has 0 saturated carbocycles. The SMILES string of the molecule is CCCCCCCCCCCCCc1cc2ccccc2c(S(=O)(=O)[O-])c1CCCCCCCCCCCCC.[Na+]. The molecule has 2 aromatic rings. The Labute approximate surface area is 276 Å². The van der Waals surface area contributed by atoms with E-state index in [9.17, 15) is 13.0 Å². The van der Waals surface area contributed by atoms with Crippen molar-refractivity contribution in [2.75, 3.05) is 0 Å². The van der Waals surface area contributed by atoms with Gasteiger partial charge in [-0.3, -0.25) is 0 Å². The van der Waals surface area contributed by atoms with Crippen molar-refractivity contribution in [3.05, 3.63) is 41.5 Å². The number of unbranched alkanes of at least 4 members (excludes halogenated alkanes) is 20. The predicted molar refractivity (Wildman–Crippen MR) is 172 cm³/mol. The van der Waals surface area contributed by atoms with Crippen LogP contribution in [0.1, 0.15) is 166 Å². The number of aryl methyl sites for hydroxylation is 1. The summed E-state index contributed by atoms with van der Waals surface area (Å²) in [4.78, 5) is 0.0516. The normalized spacial score (nSPS) is 11.7. The molecule has 228 valence electrons. The first-order chi connectivity index (χ1) is 19.5. The third-order valence-electron chi connectivity index (χ3n) is 8.53. The van der Waals surface area contributed by atoms with E-state index in [1.807, 2.05) is 18.2 Å². The van der Waals surface area contributed by atoms with Gasteiger partial charge in [-0.2, -0.15) is 0 Å². The number of fused-ring (bicyclic) bond motifs is 1. The fraction of sp³-hybridized carbons (Fsp3) is 0.722. The van der Waals surface area contributed by atoms with Crippen LogP contribution >= 0.6 is 0 Å². The Morgan fingerprint density at radius 1 is 0.561 bits per heavy atom. The Morgan fingerprint density at radius 2 is 0.951 bits per heavy atom. The van der Waals surface area contributed by atoms with Gasteiger partial charge in [0.25, 0.3) is 0 Å². The molecule has 0 aliphatic carbocycles. The third-order valence-corrected chi connectivity index (χ3v) is 9.49. The van der Waals surface area contributed by atoms with Crippen LogP contribution in [0.2, 0.25) is 0 Å². The molecule has 0 aliphatic heterocycles. The van der Waals surface area contributed by atoms with Gasteiger partial charge in [-0.05, 0) is 47.6 Å². The van der Waals surface area contributed by atoms with Gasteiger partial charge in [0.2, 0.25) is 0 Å². The van der Waals surface area contributed by atoms with E-state index in [4.69, 9.17) is 0 Å². The van der Waals surface area contributed by atoms with Crippen LogP contribution in [0.15, 0.2) is 35.2 Å². The maximum atomic E-state index is 12.5. The average molecular weight is 595 g/mol. The third kappa shape index (κ3) is 16.3. The van der Waals surface area contributed by atoms with Crippen LogP contribution in [-0.4, -0.2) is 13.0 Å². The zero-order chi connectivity index (χ0) is 28.9. The molecule has 0 radical (unpaired) electrons. The van der Waals surface area contributed by atoms with Gasteiger partial charge < -0.3 is 4.55 Å². The van der Waals surface area contributed by atoms with Crippen LogP contribution in [0.25, 0.3) is 10.8 Å². The molecule has 5 heteroatoms. The summed E-state index contributed by atoms with van der Waals surface area (Å²) in [5, 5.41) is 1.47. The Morgan fingerprint density at radius 3 is 1.39 bits per heavy atom. The van der Waals surface area contributed by atoms with E-state index in [1.54, 1.807) is 6.07 Å². The number of hydrogen-bond donors (Lipinski definition) is 0. The van der Waals surface area contributed by atoms with Crippen molar-refractivity contribution in [3.8, 4) is 0 Å². The first kappa shape index (κ1) is 38.6. The molecule has 0 aromatic heterocycles. The Bertz CT molecular complexity index is 1030. The van der Waals surface area contributed by atoms with Crippen LogP contribution in [0.5, 0.6) is 0 Å². The van der Waals surface area contributed by atoms with Gasteiger partial charge in [-0.15, -0.1) is 0 Å². The molecule has 0 aliphatic rings. The molecule has 0 bridgehead atoms. The van der Waals surface area contributed by atoms with Gasteiger partial charge in [0.05, 0.1) is 4.90 Å². The summed E-state index contributed by atoms with van der Waals surface area (Å²) in [7, 11) is -4.55. The van der Waals surface area contributed by atoms with Gasteiger partial charge in [0, 0.05) is 0 Å². The molecule has 0 heterocycles.